The molecule has 0 unspecified atom stereocenters. The number of aliphatic hydroxyl groups excluding tert-OH is 1. The highest BCUT2D eigenvalue weighted by atomic mass is 16.3. The van der Waals surface area contributed by atoms with Crippen LogP contribution in [0.1, 0.15) is 12.8 Å². The molecule has 2 aliphatic rings. The molecule has 3 nitrogen and oxygen atoms in total. The molecule has 3 heteroatoms. The van der Waals surface area contributed by atoms with Crippen molar-refractivity contribution in [1.82, 2.24) is 10.6 Å². The van der Waals surface area contributed by atoms with Crippen LogP contribution in [-0.4, -0.2) is 36.4 Å². The van der Waals surface area contributed by atoms with Gasteiger partial charge in [0.2, 0.25) is 0 Å². The number of hydrogen-bond acceptors (Lipinski definition) is 3. The predicted octanol–water partition coefficient (Wildman–Crippen LogP) is -0.929. The summed E-state index contributed by atoms with van der Waals surface area (Å²) in [6.07, 6.45) is 2.50. The quantitative estimate of drug-likeness (QED) is 0.443. The summed E-state index contributed by atoms with van der Waals surface area (Å²) in [5, 5.41) is 15.7. The van der Waals surface area contributed by atoms with E-state index in [1.54, 1.807) is 0 Å². The Morgan fingerprint density at radius 2 is 2.30 bits per heavy atom. The van der Waals surface area contributed by atoms with Crippen LogP contribution < -0.4 is 10.6 Å². The lowest BCUT2D eigenvalue weighted by Gasteiger charge is -2.29. The molecule has 2 saturated heterocycles. The molecular formula is C7H14N2O. The second-order valence-corrected chi connectivity index (χ2v) is 3.24. The van der Waals surface area contributed by atoms with E-state index < -0.39 is 0 Å². The van der Waals surface area contributed by atoms with Gasteiger partial charge in [0.1, 0.15) is 0 Å². The molecule has 2 heterocycles. The standard InChI is InChI=1S/C7H14N2O/c10-4-7-6-2-1-5(9-6)3-8-7/h5-10H,1-4H2/t5-,6+,7-/m0/s1. The van der Waals surface area contributed by atoms with E-state index in [9.17, 15) is 0 Å². The maximum atomic E-state index is 8.91. The van der Waals surface area contributed by atoms with Gasteiger partial charge < -0.3 is 15.7 Å². The zero-order chi connectivity index (χ0) is 6.97. The molecule has 2 rings (SSSR count). The van der Waals surface area contributed by atoms with Gasteiger partial charge in [-0.3, -0.25) is 0 Å². The Kier molecular flexibility index (Phi) is 1.64. The minimum Gasteiger partial charge on any atom is -0.395 e. The molecule has 0 amide bonds. The normalized spacial score (nSPS) is 45.9. The van der Waals surface area contributed by atoms with Gasteiger partial charge in [-0.15, -0.1) is 0 Å². The van der Waals surface area contributed by atoms with Gasteiger partial charge >= 0.3 is 0 Å². The number of piperazine rings is 1. The molecule has 0 aliphatic carbocycles. The molecule has 0 spiro atoms. The molecule has 3 atom stereocenters. The summed E-state index contributed by atoms with van der Waals surface area (Å²) in [4.78, 5) is 0. The van der Waals surface area contributed by atoms with Crippen LogP contribution in [0.4, 0.5) is 0 Å². The van der Waals surface area contributed by atoms with Gasteiger partial charge in [0.05, 0.1) is 6.61 Å². The van der Waals surface area contributed by atoms with Crippen molar-refractivity contribution in [2.24, 2.45) is 0 Å². The van der Waals surface area contributed by atoms with Crippen molar-refractivity contribution in [3.8, 4) is 0 Å². The third kappa shape index (κ3) is 0.944. The number of aliphatic hydroxyl groups is 1. The second kappa shape index (κ2) is 2.49. The van der Waals surface area contributed by atoms with Crippen LogP contribution in [0.3, 0.4) is 0 Å². The smallest absolute Gasteiger partial charge is 0.0599 e. The van der Waals surface area contributed by atoms with Gasteiger partial charge in [0, 0.05) is 24.7 Å². The fourth-order valence-electron chi connectivity index (χ4n) is 1.96. The van der Waals surface area contributed by atoms with E-state index in [0.717, 1.165) is 6.54 Å². The Bertz CT molecular complexity index is 129. The van der Waals surface area contributed by atoms with Crippen molar-refractivity contribution in [2.45, 2.75) is 31.0 Å². The van der Waals surface area contributed by atoms with Gasteiger partial charge in [-0.25, -0.2) is 0 Å². The third-order valence-electron chi connectivity index (χ3n) is 2.58. The Hall–Kier alpha value is -0.120. The van der Waals surface area contributed by atoms with Crippen LogP contribution in [0, 0.1) is 0 Å². The van der Waals surface area contributed by atoms with Crippen LogP contribution in [0.25, 0.3) is 0 Å². The average molecular weight is 142 g/mol. The first-order valence-corrected chi connectivity index (χ1v) is 4.00. The number of fused-ring (bicyclic) bond motifs is 2. The molecule has 3 N–H and O–H groups in total. The van der Waals surface area contributed by atoms with Crippen molar-refractivity contribution in [2.75, 3.05) is 13.2 Å². The van der Waals surface area contributed by atoms with Crippen molar-refractivity contribution >= 4 is 0 Å². The molecule has 2 aliphatic heterocycles. The summed E-state index contributed by atoms with van der Waals surface area (Å²) < 4.78 is 0. The fraction of sp³-hybridized carbons (Fsp3) is 1.00. The molecule has 0 aromatic carbocycles. The van der Waals surface area contributed by atoms with Gasteiger partial charge in [0.25, 0.3) is 0 Å². The SMILES string of the molecule is OC[C@@H]1NC[C@@H]2CC[C@H]1N2. The number of rotatable bonds is 1. The van der Waals surface area contributed by atoms with Crippen LogP contribution in [0.5, 0.6) is 0 Å². The zero-order valence-corrected chi connectivity index (χ0v) is 6.01. The Morgan fingerprint density at radius 1 is 1.40 bits per heavy atom. The highest BCUT2D eigenvalue weighted by Gasteiger charge is 2.33. The van der Waals surface area contributed by atoms with Gasteiger partial charge in [-0.05, 0) is 12.8 Å². The van der Waals surface area contributed by atoms with Crippen LogP contribution >= 0.6 is 0 Å². The van der Waals surface area contributed by atoms with E-state index in [4.69, 9.17) is 5.11 Å². The van der Waals surface area contributed by atoms with E-state index in [-0.39, 0.29) is 6.61 Å². The first kappa shape index (κ1) is 6.58. The van der Waals surface area contributed by atoms with Crippen molar-refractivity contribution < 1.29 is 5.11 Å². The van der Waals surface area contributed by atoms with Crippen molar-refractivity contribution in [1.29, 1.82) is 0 Å². The van der Waals surface area contributed by atoms with Gasteiger partial charge in [-0.2, -0.15) is 0 Å². The molecule has 0 aromatic heterocycles. The van der Waals surface area contributed by atoms with E-state index in [1.165, 1.54) is 12.8 Å². The molecule has 10 heavy (non-hydrogen) atoms. The molecule has 2 fully saturated rings. The average Bonchev–Trinajstić information content (AvgIpc) is 2.34. The molecule has 0 radical (unpaired) electrons. The molecule has 0 aromatic rings. The topological polar surface area (TPSA) is 44.3 Å². The van der Waals surface area contributed by atoms with Crippen LogP contribution in [0.2, 0.25) is 0 Å². The number of hydrogen-bond donors (Lipinski definition) is 3. The highest BCUT2D eigenvalue weighted by Crippen LogP contribution is 2.18. The first-order chi connectivity index (χ1) is 4.90. The van der Waals surface area contributed by atoms with Gasteiger partial charge in [0.15, 0.2) is 0 Å². The Balaban J connectivity index is 2.00. The zero-order valence-electron chi connectivity index (χ0n) is 6.01. The predicted molar refractivity (Wildman–Crippen MR) is 38.8 cm³/mol. The van der Waals surface area contributed by atoms with Crippen LogP contribution in [0.15, 0.2) is 0 Å². The monoisotopic (exact) mass is 142 g/mol. The summed E-state index contributed by atoms with van der Waals surface area (Å²) in [7, 11) is 0. The molecule has 58 valence electrons. The van der Waals surface area contributed by atoms with Crippen molar-refractivity contribution in [3.05, 3.63) is 0 Å². The summed E-state index contributed by atoms with van der Waals surface area (Å²) in [5.41, 5.74) is 0. The summed E-state index contributed by atoms with van der Waals surface area (Å²) in [5.74, 6) is 0. The van der Waals surface area contributed by atoms with Crippen molar-refractivity contribution in [3.63, 3.8) is 0 Å². The summed E-state index contributed by atoms with van der Waals surface area (Å²) in [6.45, 7) is 1.30. The molecule has 0 saturated carbocycles. The fourth-order valence-corrected chi connectivity index (χ4v) is 1.96. The largest absolute Gasteiger partial charge is 0.395 e. The minimum atomic E-state index is 0.268. The van der Waals surface area contributed by atoms with E-state index in [1.807, 2.05) is 0 Å². The van der Waals surface area contributed by atoms with Gasteiger partial charge in [-0.1, -0.05) is 0 Å². The second-order valence-electron chi connectivity index (χ2n) is 3.24. The molecular weight excluding hydrogens is 128 g/mol. The maximum Gasteiger partial charge on any atom is 0.0599 e. The lowest BCUT2D eigenvalue weighted by Crippen LogP contribution is -2.57. The maximum absolute atomic E-state index is 8.91. The third-order valence-corrected chi connectivity index (χ3v) is 2.58. The lowest BCUT2D eigenvalue weighted by molar-refractivity contribution is 0.198. The van der Waals surface area contributed by atoms with Crippen LogP contribution in [-0.2, 0) is 0 Å². The number of nitrogens with one attached hydrogen (secondary N) is 2. The summed E-state index contributed by atoms with van der Waals surface area (Å²) >= 11 is 0. The summed E-state index contributed by atoms with van der Waals surface area (Å²) in [6, 6.07) is 1.51. The van der Waals surface area contributed by atoms with E-state index in [2.05, 4.69) is 10.6 Å². The van der Waals surface area contributed by atoms with E-state index in [0.29, 0.717) is 18.1 Å². The Morgan fingerprint density at radius 3 is 3.10 bits per heavy atom. The molecule has 2 bridgehead atoms. The minimum absolute atomic E-state index is 0.268. The lowest BCUT2D eigenvalue weighted by atomic mass is 10.1. The Labute approximate surface area is 60.8 Å². The highest BCUT2D eigenvalue weighted by molar-refractivity contribution is 4.97. The first-order valence-electron chi connectivity index (χ1n) is 4.00. The van der Waals surface area contributed by atoms with E-state index >= 15 is 0 Å².